The fraction of sp³-hybridized carbons (Fsp3) is 0.0769. The van der Waals surface area contributed by atoms with E-state index in [9.17, 15) is 18.9 Å². The highest BCUT2D eigenvalue weighted by Gasteiger charge is 2.09. The largest absolute Gasteiger partial charge is 0.398 e. The number of rotatable bonds is 4. The molecule has 3 N–H and O–H groups in total. The Morgan fingerprint density at radius 3 is 2.60 bits per heavy atom. The minimum absolute atomic E-state index is 0.0622. The fourth-order valence-corrected chi connectivity index (χ4v) is 1.70. The zero-order valence-electron chi connectivity index (χ0n) is 10.3. The van der Waals surface area contributed by atoms with Gasteiger partial charge in [0.1, 0.15) is 11.6 Å². The van der Waals surface area contributed by atoms with Gasteiger partial charge in [0, 0.05) is 41.7 Å². The summed E-state index contributed by atoms with van der Waals surface area (Å²) < 4.78 is 26.2. The second-order valence-electron chi connectivity index (χ2n) is 4.16. The van der Waals surface area contributed by atoms with Crippen LogP contribution >= 0.6 is 0 Å². The van der Waals surface area contributed by atoms with Gasteiger partial charge >= 0.3 is 0 Å². The minimum atomic E-state index is -0.684. The molecule has 0 saturated heterocycles. The van der Waals surface area contributed by atoms with E-state index in [-0.39, 0.29) is 23.5 Å². The molecule has 0 atom stereocenters. The van der Waals surface area contributed by atoms with Gasteiger partial charge in [0.25, 0.3) is 5.69 Å². The van der Waals surface area contributed by atoms with Crippen molar-refractivity contribution in [1.29, 1.82) is 0 Å². The summed E-state index contributed by atoms with van der Waals surface area (Å²) in [6, 6.07) is 7.23. The van der Waals surface area contributed by atoms with Crippen LogP contribution in [0.2, 0.25) is 0 Å². The SMILES string of the molecule is Nc1cc(NCc2ccc(F)cc2F)cc([N+](=O)[O-])c1. The molecule has 20 heavy (non-hydrogen) atoms. The summed E-state index contributed by atoms with van der Waals surface area (Å²) in [5, 5.41) is 13.5. The number of benzene rings is 2. The van der Waals surface area contributed by atoms with Crippen LogP contribution in [0.15, 0.2) is 36.4 Å². The molecular formula is C13H11F2N3O2. The summed E-state index contributed by atoms with van der Waals surface area (Å²) in [4.78, 5) is 10.1. The molecule has 0 aliphatic carbocycles. The van der Waals surface area contributed by atoms with Crippen LogP contribution in [0.5, 0.6) is 0 Å². The van der Waals surface area contributed by atoms with Crippen LogP contribution in [0.3, 0.4) is 0 Å². The highest BCUT2D eigenvalue weighted by molar-refractivity contribution is 5.61. The van der Waals surface area contributed by atoms with Crippen LogP contribution < -0.4 is 11.1 Å². The van der Waals surface area contributed by atoms with Gasteiger partial charge in [-0.15, -0.1) is 0 Å². The van der Waals surface area contributed by atoms with E-state index in [4.69, 9.17) is 5.73 Å². The summed E-state index contributed by atoms with van der Waals surface area (Å²) in [5.74, 6) is -1.35. The lowest BCUT2D eigenvalue weighted by atomic mass is 10.2. The molecule has 5 nitrogen and oxygen atoms in total. The molecule has 0 aliphatic heterocycles. The molecular weight excluding hydrogens is 268 g/mol. The number of nitrogens with zero attached hydrogens (tertiary/aromatic N) is 1. The molecule has 0 amide bonds. The Labute approximate surface area is 113 Å². The number of nitrogens with two attached hydrogens (primary N) is 1. The Hall–Kier alpha value is -2.70. The third-order valence-corrected chi connectivity index (χ3v) is 2.65. The van der Waals surface area contributed by atoms with Crippen LogP contribution in [0, 0.1) is 21.7 Å². The van der Waals surface area contributed by atoms with E-state index in [1.807, 2.05) is 0 Å². The number of halogens is 2. The van der Waals surface area contributed by atoms with Crippen LogP contribution in [0.1, 0.15) is 5.56 Å². The molecule has 0 saturated carbocycles. The van der Waals surface area contributed by atoms with E-state index < -0.39 is 16.6 Å². The van der Waals surface area contributed by atoms with Crippen LogP contribution in [0.4, 0.5) is 25.8 Å². The number of nitrogens with one attached hydrogen (secondary N) is 1. The molecule has 0 aliphatic rings. The lowest BCUT2D eigenvalue weighted by molar-refractivity contribution is -0.384. The zero-order chi connectivity index (χ0) is 14.7. The van der Waals surface area contributed by atoms with E-state index in [1.165, 1.54) is 24.3 Å². The number of hydrogen-bond acceptors (Lipinski definition) is 4. The van der Waals surface area contributed by atoms with Crippen molar-refractivity contribution in [3.63, 3.8) is 0 Å². The Kier molecular flexibility index (Phi) is 3.79. The number of nitro groups is 1. The topological polar surface area (TPSA) is 81.2 Å². The molecule has 0 radical (unpaired) electrons. The molecule has 2 rings (SSSR count). The van der Waals surface area contributed by atoms with E-state index in [2.05, 4.69) is 5.32 Å². The van der Waals surface area contributed by atoms with Gasteiger partial charge in [0.05, 0.1) is 4.92 Å². The van der Waals surface area contributed by atoms with E-state index in [0.717, 1.165) is 12.1 Å². The molecule has 7 heteroatoms. The van der Waals surface area contributed by atoms with Crippen LogP contribution in [-0.4, -0.2) is 4.92 Å². The van der Waals surface area contributed by atoms with Gasteiger partial charge in [-0.3, -0.25) is 10.1 Å². The van der Waals surface area contributed by atoms with E-state index in [0.29, 0.717) is 5.69 Å². The maximum absolute atomic E-state index is 13.4. The summed E-state index contributed by atoms with van der Waals surface area (Å²) in [5.41, 5.74) is 6.25. The van der Waals surface area contributed by atoms with Crippen LogP contribution in [-0.2, 0) is 6.54 Å². The molecule has 0 heterocycles. The molecule has 0 spiro atoms. The maximum Gasteiger partial charge on any atom is 0.273 e. The first-order valence-corrected chi connectivity index (χ1v) is 5.68. The maximum atomic E-state index is 13.4. The predicted octanol–water partition coefficient (Wildman–Crippen LogP) is 3.07. The number of nitrogen functional groups attached to an aromatic ring is 1. The Bertz CT molecular complexity index is 662. The molecule has 0 fully saturated rings. The van der Waals surface area contributed by atoms with Crippen LogP contribution in [0.25, 0.3) is 0 Å². The zero-order valence-corrected chi connectivity index (χ0v) is 10.3. The number of nitro benzene ring substituents is 1. The van der Waals surface area contributed by atoms with E-state index in [1.54, 1.807) is 0 Å². The Morgan fingerprint density at radius 1 is 1.20 bits per heavy atom. The smallest absolute Gasteiger partial charge is 0.273 e. The second kappa shape index (κ2) is 5.52. The summed E-state index contributed by atoms with van der Waals surface area (Å²) in [7, 11) is 0. The average molecular weight is 279 g/mol. The monoisotopic (exact) mass is 279 g/mol. The van der Waals surface area contributed by atoms with Crippen molar-refractivity contribution in [3.8, 4) is 0 Å². The first-order valence-electron chi connectivity index (χ1n) is 5.68. The van der Waals surface area contributed by atoms with Crippen molar-refractivity contribution in [2.45, 2.75) is 6.54 Å². The summed E-state index contributed by atoms with van der Waals surface area (Å²) in [6.45, 7) is 0.0622. The molecule has 0 unspecified atom stereocenters. The number of anilines is 2. The molecule has 0 bridgehead atoms. The van der Waals surface area contributed by atoms with Gasteiger partial charge in [-0.05, 0) is 12.1 Å². The highest BCUT2D eigenvalue weighted by atomic mass is 19.1. The van der Waals surface area contributed by atoms with Crippen molar-refractivity contribution >= 4 is 17.1 Å². The summed E-state index contributed by atoms with van der Waals surface area (Å²) >= 11 is 0. The van der Waals surface area contributed by atoms with Gasteiger partial charge in [-0.1, -0.05) is 6.07 Å². The number of non-ortho nitro benzene ring substituents is 1. The average Bonchev–Trinajstić information content (AvgIpc) is 2.37. The third kappa shape index (κ3) is 3.19. The van der Waals surface area contributed by atoms with Gasteiger partial charge in [-0.2, -0.15) is 0 Å². The van der Waals surface area contributed by atoms with Gasteiger partial charge in [0.15, 0.2) is 0 Å². The first-order chi connectivity index (χ1) is 9.45. The molecule has 2 aromatic rings. The predicted molar refractivity (Wildman–Crippen MR) is 71.2 cm³/mol. The normalized spacial score (nSPS) is 10.3. The standard InChI is InChI=1S/C13H11F2N3O2/c14-9-2-1-8(13(15)3-9)7-17-11-4-10(16)5-12(6-11)18(19)20/h1-6,17H,7,16H2. The summed E-state index contributed by atoms with van der Waals surface area (Å²) in [6.07, 6.45) is 0. The van der Waals surface area contributed by atoms with Gasteiger partial charge < -0.3 is 11.1 Å². The van der Waals surface area contributed by atoms with Crippen molar-refractivity contribution in [2.75, 3.05) is 11.1 Å². The first kappa shape index (κ1) is 13.7. The van der Waals surface area contributed by atoms with Crippen molar-refractivity contribution in [2.24, 2.45) is 0 Å². The number of hydrogen-bond donors (Lipinski definition) is 2. The molecule has 0 aromatic heterocycles. The van der Waals surface area contributed by atoms with Crippen molar-refractivity contribution < 1.29 is 13.7 Å². The lowest BCUT2D eigenvalue weighted by Gasteiger charge is -2.08. The quantitative estimate of drug-likeness (QED) is 0.512. The minimum Gasteiger partial charge on any atom is -0.398 e. The van der Waals surface area contributed by atoms with Gasteiger partial charge in [0.2, 0.25) is 0 Å². The van der Waals surface area contributed by atoms with Crippen molar-refractivity contribution in [3.05, 3.63) is 63.7 Å². The fourth-order valence-electron chi connectivity index (χ4n) is 1.70. The highest BCUT2D eigenvalue weighted by Crippen LogP contribution is 2.23. The Morgan fingerprint density at radius 2 is 1.95 bits per heavy atom. The lowest BCUT2D eigenvalue weighted by Crippen LogP contribution is -2.03. The second-order valence-corrected chi connectivity index (χ2v) is 4.16. The molecule has 2 aromatic carbocycles. The third-order valence-electron chi connectivity index (χ3n) is 2.65. The van der Waals surface area contributed by atoms with Gasteiger partial charge in [-0.25, -0.2) is 8.78 Å². The van der Waals surface area contributed by atoms with Crippen molar-refractivity contribution in [1.82, 2.24) is 0 Å². The Balaban J connectivity index is 2.16. The van der Waals surface area contributed by atoms with E-state index >= 15 is 0 Å². The molecule has 104 valence electrons.